The number of aliphatic carboxylic acids is 1. The largest absolute Gasteiger partial charge is 0.481 e. The molecule has 3 heterocycles. The van der Waals surface area contributed by atoms with Crippen LogP contribution in [-0.4, -0.2) is 55.5 Å². The average Bonchev–Trinajstić information content (AvgIpc) is 3.56. The van der Waals surface area contributed by atoms with Crippen LogP contribution in [0.2, 0.25) is 0 Å². The van der Waals surface area contributed by atoms with Gasteiger partial charge in [0.1, 0.15) is 11.9 Å². The number of hydrogen-bond acceptors (Lipinski definition) is 6. The fourth-order valence-corrected chi connectivity index (χ4v) is 15.9. The van der Waals surface area contributed by atoms with Gasteiger partial charge in [-0.15, -0.1) is 0 Å². The summed E-state index contributed by atoms with van der Waals surface area (Å²) in [7, 11) is 0. The first-order valence-electron chi connectivity index (χ1n) is 23.0. The van der Waals surface area contributed by atoms with Crippen LogP contribution in [0.15, 0.2) is 30.6 Å². The summed E-state index contributed by atoms with van der Waals surface area (Å²) in [6.45, 7) is 19.1. The number of nitrogens with zero attached hydrogens (tertiary/aromatic N) is 3. The van der Waals surface area contributed by atoms with Crippen LogP contribution in [0.3, 0.4) is 0 Å². The summed E-state index contributed by atoms with van der Waals surface area (Å²) < 4.78 is 6.24. The number of pyridine rings is 1. The number of nitrogens with one attached hydrogen (secondary N) is 1. The van der Waals surface area contributed by atoms with E-state index >= 15 is 4.79 Å². The second kappa shape index (κ2) is 13.4. The van der Waals surface area contributed by atoms with Gasteiger partial charge >= 0.3 is 11.9 Å². The molecule has 2 aromatic rings. The van der Waals surface area contributed by atoms with Gasteiger partial charge in [0.2, 0.25) is 5.91 Å². The van der Waals surface area contributed by atoms with Gasteiger partial charge in [-0.25, -0.2) is 4.98 Å². The van der Waals surface area contributed by atoms with Gasteiger partial charge in [-0.3, -0.25) is 19.4 Å². The van der Waals surface area contributed by atoms with Crippen LogP contribution in [0.25, 0.3) is 11.4 Å². The summed E-state index contributed by atoms with van der Waals surface area (Å²) in [5.41, 5.74) is 0.904. The van der Waals surface area contributed by atoms with Crippen LogP contribution in [-0.2, 0) is 19.1 Å². The summed E-state index contributed by atoms with van der Waals surface area (Å²) >= 11 is 0. The highest BCUT2D eigenvalue weighted by Gasteiger charge is 2.74. The zero-order valence-corrected chi connectivity index (χ0v) is 36.7. The molecule has 7 aliphatic rings. The minimum atomic E-state index is -1.15. The number of rotatable bonds is 8. The SMILES string of the molecule is CC(C)(CC(=O)O[C@H]1CC[C@]2(C)[C@H]3CC[C@@H]4[C@H]5[C@H](C6(C)CC6)CC[C@]5(C(=O)N5CCC[C@H]5c5ncc(-c6ccccn6)[nH]5)CC[C@@]4(C)[C@]3(C)CC[C@H]2C1(C)C)C(=O)O. The normalized spacial score (nSPS) is 41.1. The Kier molecular flexibility index (Phi) is 9.27. The molecule has 9 nitrogen and oxygen atoms in total. The van der Waals surface area contributed by atoms with Crippen LogP contribution in [0.4, 0.5) is 0 Å². The van der Waals surface area contributed by atoms with E-state index in [2.05, 4.69) is 56.4 Å². The number of imidazole rings is 1. The van der Waals surface area contributed by atoms with E-state index in [4.69, 9.17) is 9.72 Å². The Morgan fingerprint density at radius 1 is 0.845 bits per heavy atom. The monoisotopic (exact) mass is 795 g/mol. The number of carboxylic acids is 1. The van der Waals surface area contributed by atoms with E-state index in [1.165, 1.54) is 38.5 Å². The molecule has 2 N–H and O–H groups in total. The Morgan fingerprint density at radius 3 is 2.33 bits per heavy atom. The number of hydrogen-bond donors (Lipinski definition) is 2. The highest BCUT2D eigenvalue weighted by atomic mass is 16.5. The van der Waals surface area contributed by atoms with Crippen molar-refractivity contribution in [2.24, 2.45) is 67.5 Å². The van der Waals surface area contributed by atoms with Crippen molar-refractivity contribution in [2.75, 3.05) is 6.54 Å². The number of ether oxygens (including phenoxy) is 1. The number of carbonyl (C=O) groups excluding carboxylic acids is 2. The lowest BCUT2D eigenvalue weighted by atomic mass is 9.32. The maximum atomic E-state index is 15.6. The third-order valence-electron chi connectivity index (χ3n) is 19.5. The second-order valence-corrected chi connectivity index (χ2v) is 22.9. The van der Waals surface area contributed by atoms with Crippen molar-refractivity contribution >= 4 is 17.8 Å². The standard InChI is InChI=1S/C49H70N4O5/c1-43(2,42(56)57)28-38(54)58-37-18-19-46(6)35(44(37,3)4)17-20-48(8)36(46)15-14-31-39-30(45(5)22-23-45)16-21-49(39,25-24-47(31,48)7)41(55)53-27-11-13-34(53)40-51-29-33(52-40)32-12-9-10-26-50-32/h9-10,12,26,29-31,34-37,39H,11,13-25,27-28H2,1-8H3,(H,51,52)(H,56,57)/t30-,31-,34+,35+,36-,37+,39-,46+,47-,48-,49+/m1/s1. The molecule has 1 amide bonds. The number of amides is 1. The smallest absolute Gasteiger partial charge is 0.309 e. The van der Waals surface area contributed by atoms with Crippen LogP contribution in [0.1, 0.15) is 164 Å². The molecular formula is C49H70N4O5. The first kappa shape index (κ1) is 40.2. The fourth-order valence-electron chi connectivity index (χ4n) is 15.9. The molecule has 0 spiro atoms. The molecule has 1 aliphatic heterocycles. The van der Waals surface area contributed by atoms with E-state index in [9.17, 15) is 14.7 Å². The third-order valence-corrected chi connectivity index (χ3v) is 19.5. The zero-order valence-electron chi connectivity index (χ0n) is 36.7. The summed E-state index contributed by atoms with van der Waals surface area (Å²) in [6.07, 6.45) is 18.8. The van der Waals surface area contributed by atoms with E-state index in [1.54, 1.807) is 13.8 Å². The first-order chi connectivity index (χ1) is 27.3. The molecule has 316 valence electrons. The molecule has 0 bridgehead atoms. The average molecular weight is 795 g/mol. The summed E-state index contributed by atoms with van der Waals surface area (Å²) in [4.78, 5) is 56.0. The summed E-state index contributed by atoms with van der Waals surface area (Å²) in [5, 5.41) is 9.68. The molecule has 1 saturated heterocycles. The van der Waals surface area contributed by atoms with Crippen molar-refractivity contribution in [3.8, 4) is 11.4 Å². The van der Waals surface area contributed by atoms with Crippen LogP contribution < -0.4 is 0 Å². The molecule has 0 aromatic carbocycles. The van der Waals surface area contributed by atoms with Gasteiger partial charge in [-0.05, 0) is 167 Å². The van der Waals surface area contributed by atoms with Crippen molar-refractivity contribution in [3.05, 3.63) is 36.4 Å². The van der Waals surface area contributed by atoms with Crippen LogP contribution in [0, 0.1) is 67.5 Å². The van der Waals surface area contributed by atoms with Crippen molar-refractivity contribution in [1.82, 2.24) is 19.9 Å². The van der Waals surface area contributed by atoms with Crippen LogP contribution >= 0.6 is 0 Å². The predicted molar refractivity (Wildman–Crippen MR) is 223 cm³/mol. The molecule has 9 heteroatoms. The quantitative estimate of drug-likeness (QED) is 0.255. The lowest BCUT2D eigenvalue weighted by Gasteiger charge is -2.73. The van der Waals surface area contributed by atoms with E-state index in [0.29, 0.717) is 40.9 Å². The Balaban J connectivity index is 0.991. The molecule has 0 unspecified atom stereocenters. The molecule has 6 saturated carbocycles. The number of carbonyl (C=O) groups is 3. The van der Waals surface area contributed by atoms with Gasteiger partial charge in [0.15, 0.2) is 0 Å². The number of aromatic amines is 1. The molecule has 2 aromatic heterocycles. The Labute approximate surface area is 346 Å². The minimum absolute atomic E-state index is 0.0197. The van der Waals surface area contributed by atoms with Crippen molar-refractivity contribution in [2.45, 2.75) is 164 Å². The number of fused-ring (bicyclic) bond motifs is 7. The van der Waals surface area contributed by atoms with Gasteiger partial charge in [-0.1, -0.05) is 47.6 Å². The number of carboxylic acid groups (broad SMARTS) is 1. The number of aromatic nitrogens is 3. The first-order valence-corrected chi connectivity index (χ1v) is 23.0. The zero-order chi connectivity index (χ0) is 41.3. The van der Waals surface area contributed by atoms with Gasteiger partial charge < -0.3 is 19.7 Å². The second-order valence-electron chi connectivity index (χ2n) is 22.9. The van der Waals surface area contributed by atoms with Crippen molar-refractivity contribution in [1.29, 1.82) is 0 Å². The van der Waals surface area contributed by atoms with Gasteiger partial charge in [-0.2, -0.15) is 0 Å². The Bertz CT molecular complexity index is 1950. The van der Waals surface area contributed by atoms with Crippen LogP contribution in [0.5, 0.6) is 0 Å². The van der Waals surface area contributed by atoms with Gasteiger partial charge in [0.25, 0.3) is 0 Å². The Morgan fingerprint density at radius 2 is 1.62 bits per heavy atom. The molecular weight excluding hydrogens is 725 g/mol. The highest BCUT2D eigenvalue weighted by Crippen LogP contribution is 2.79. The number of H-pyrrole nitrogens is 1. The third kappa shape index (κ3) is 5.75. The van der Waals surface area contributed by atoms with Gasteiger partial charge in [0, 0.05) is 18.2 Å². The van der Waals surface area contributed by atoms with Gasteiger partial charge in [0.05, 0.1) is 40.9 Å². The lowest BCUT2D eigenvalue weighted by Crippen LogP contribution is -2.67. The van der Waals surface area contributed by atoms with E-state index in [1.807, 2.05) is 30.6 Å². The molecule has 11 atom stereocenters. The van der Waals surface area contributed by atoms with E-state index in [-0.39, 0.29) is 45.6 Å². The maximum Gasteiger partial charge on any atom is 0.309 e. The Hall–Kier alpha value is -3.23. The number of esters is 1. The fraction of sp³-hybridized carbons (Fsp3) is 0.776. The van der Waals surface area contributed by atoms with Crippen molar-refractivity contribution in [3.63, 3.8) is 0 Å². The highest BCUT2D eigenvalue weighted by molar-refractivity contribution is 5.85. The maximum absolute atomic E-state index is 15.6. The predicted octanol–water partition coefficient (Wildman–Crippen LogP) is 10.4. The summed E-state index contributed by atoms with van der Waals surface area (Å²) in [5.74, 6) is 2.49. The molecule has 58 heavy (non-hydrogen) atoms. The molecule has 0 radical (unpaired) electrons. The van der Waals surface area contributed by atoms with E-state index in [0.717, 1.165) is 75.1 Å². The number of likely N-dealkylation sites (tertiary alicyclic amines) is 1. The lowest BCUT2D eigenvalue weighted by molar-refractivity contribution is -0.251. The molecule has 7 fully saturated rings. The topological polar surface area (TPSA) is 125 Å². The molecule has 9 rings (SSSR count). The van der Waals surface area contributed by atoms with E-state index < -0.39 is 17.4 Å². The molecule has 6 aliphatic carbocycles. The summed E-state index contributed by atoms with van der Waals surface area (Å²) in [6, 6.07) is 5.92. The van der Waals surface area contributed by atoms with Crippen molar-refractivity contribution < 1.29 is 24.2 Å². The minimum Gasteiger partial charge on any atom is -0.481 e.